The molecule has 1 unspecified atom stereocenters. The van der Waals surface area contributed by atoms with Gasteiger partial charge in [-0.05, 0) is 107 Å². The van der Waals surface area contributed by atoms with E-state index in [1.807, 2.05) is 47.5 Å². The summed E-state index contributed by atoms with van der Waals surface area (Å²) < 4.78 is 1.49. The topological polar surface area (TPSA) is 114 Å². The zero-order chi connectivity index (χ0) is 31.5. The minimum Gasteiger partial charge on any atom is -0.397 e. The molecule has 12 heteroatoms. The molecule has 0 bridgehead atoms. The van der Waals surface area contributed by atoms with Gasteiger partial charge < -0.3 is 31.1 Å². The summed E-state index contributed by atoms with van der Waals surface area (Å²) >= 11 is 7.05. The van der Waals surface area contributed by atoms with Gasteiger partial charge in [0.2, 0.25) is 5.91 Å². The number of hydrogen-bond donors (Lipinski definition) is 3. The Morgan fingerprint density at radius 1 is 0.911 bits per heavy atom. The summed E-state index contributed by atoms with van der Waals surface area (Å²) in [4.78, 5) is 48.6. The molecule has 10 nitrogen and oxygen atoms in total. The van der Waals surface area contributed by atoms with E-state index in [9.17, 15) is 14.4 Å². The van der Waals surface area contributed by atoms with E-state index in [0.717, 1.165) is 46.0 Å². The molecule has 4 aliphatic heterocycles. The molecule has 0 aromatic heterocycles. The molecule has 5 amide bonds. The number of allylic oxidation sites excluding steroid dienone is 2. The second kappa shape index (κ2) is 14.3. The maximum Gasteiger partial charge on any atom is 0.322 e. The lowest BCUT2D eigenvalue weighted by Crippen LogP contribution is -2.58. The van der Waals surface area contributed by atoms with Crippen LogP contribution in [-0.2, 0) is 11.2 Å². The number of nitrogens with zero attached hydrogens (tertiary/aromatic N) is 4. The number of hydrogen-bond acceptors (Lipinski definition) is 5. The number of nitrogen functional groups attached to an aromatic ring is 1. The molecule has 5 aliphatic rings. The van der Waals surface area contributed by atoms with Crippen LogP contribution in [0.4, 0.5) is 15.3 Å². The van der Waals surface area contributed by atoms with Crippen LogP contribution < -0.4 is 16.4 Å². The molecule has 3 fully saturated rings. The van der Waals surface area contributed by atoms with E-state index in [-0.39, 0.29) is 30.1 Å². The van der Waals surface area contributed by atoms with Crippen molar-refractivity contribution < 1.29 is 14.4 Å². The predicted molar refractivity (Wildman–Crippen MR) is 182 cm³/mol. The number of urea groups is 2. The average Bonchev–Trinajstić information content (AvgIpc) is 3.06. The summed E-state index contributed by atoms with van der Waals surface area (Å²) in [6.07, 6.45) is 17.3. The van der Waals surface area contributed by atoms with Crippen molar-refractivity contribution in [3.8, 4) is 0 Å². The molecule has 0 spiro atoms. The minimum absolute atomic E-state index is 0.00455. The zero-order valence-electron chi connectivity index (χ0n) is 25.6. The lowest BCUT2D eigenvalue weighted by Gasteiger charge is -2.41. The summed E-state index contributed by atoms with van der Waals surface area (Å²) in [7, 11) is 0. The minimum atomic E-state index is -0.704. The summed E-state index contributed by atoms with van der Waals surface area (Å²) in [5, 5.41) is 6.16. The van der Waals surface area contributed by atoms with E-state index < -0.39 is 6.04 Å². The van der Waals surface area contributed by atoms with Crippen molar-refractivity contribution in [2.45, 2.75) is 75.5 Å². The molecule has 0 radical (unpaired) electrons. The Kier molecular flexibility index (Phi) is 10.2. The van der Waals surface area contributed by atoms with Gasteiger partial charge in [0.25, 0.3) is 0 Å². The highest BCUT2D eigenvalue weighted by atomic mass is 79.9. The molecular formula is C33H43Br2N7O3. The molecule has 4 heterocycles. The van der Waals surface area contributed by atoms with Crippen molar-refractivity contribution in [1.29, 1.82) is 0 Å². The summed E-state index contributed by atoms with van der Waals surface area (Å²) in [5.74, 6) is -0.0415. The third-order valence-corrected chi connectivity index (χ3v) is 11.2. The van der Waals surface area contributed by atoms with Crippen LogP contribution in [0.1, 0.15) is 50.5 Å². The number of carbonyl (C=O) groups excluding carboxylic acids is 3. The van der Waals surface area contributed by atoms with Gasteiger partial charge in [-0.15, -0.1) is 0 Å². The highest BCUT2D eigenvalue weighted by molar-refractivity contribution is 9.11. The van der Waals surface area contributed by atoms with Gasteiger partial charge in [-0.1, -0.05) is 30.7 Å². The summed E-state index contributed by atoms with van der Waals surface area (Å²) in [5.41, 5.74) is 8.68. The van der Waals surface area contributed by atoms with Crippen LogP contribution in [0.15, 0.2) is 57.2 Å². The van der Waals surface area contributed by atoms with Gasteiger partial charge >= 0.3 is 12.1 Å². The van der Waals surface area contributed by atoms with E-state index >= 15 is 0 Å². The van der Waals surface area contributed by atoms with E-state index in [4.69, 9.17) is 5.73 Å². The van der Waals surface area contributed by atoms with Crippen molar-refractivity contribution in [1.82, 2.24) is 30.2 Å². The molecule has 6 rings (SSSR count). The number of nitrogens with two attached hydrogens (primary N) is 1. The van der Waals surface area contributed by atoms with Gasteiger partial charge in [-0.2, -0.15) is 0 Å². The van der Waals surface area contributed by atoms with Crippen molar-refractivity contribution in [2.75, 3.05) is 45.0 Å². The zero-order valence-corrected chi connectivity index (χ0v) is 28.8. The Bertz CT molecular complexity index is 1350. The van der Waals surface area contributed by atoms with E-state index in [0.29, 0.717) is 57.2 Å². The van der Waals surface area contributed by atoms with E-state index in [2.05, 4.69) is 47.4 Å². The standard InChI is InChI=1S/C33H43Br2N7O3/c34-26-18-22(19-27(35)30(26)36)20-29(31(43)40-14-8-24(9-15-40)39-12-4-1-5-13-39)38-32(44)41-16-10-25(11-17-41)42-21-23-6-2-3-7-28(23)37-33(42)45/h2-3,6-7,18-19,21,24-25,28-29H,1,4-5,8-17,20,36H2,(H,37,45)(H,38,44)/t28?,29-/m1/s1. The largest absolute Gasteiger partial charge is 0.397 e. The lowest BCUT2D eigenvalue weighted by atomic mass is 9.98. The van der Waals surface area contributed by atoms with Crippen LogP contribution >= 0.6 is 31.9 Å². The molecule has 1 aromatic carbocycles. The molecule has 242 valence electrons. The molecule has 2 atom stereocenters. The second-order valence-electron chi connectivity index (χ2n) is 12.8. The van der Waals surface area contributed by atoms with Crippen LogP contribution in [0.2, 0.25) is 0 Å². The van der Waals surface area contributed by atoms with Crippen LogP contribution in [-0.4, -0.2) is 101 Å². The number of piperidine rings is 3. The fourth-order valence-corrected chi connectivity index (χ4v) is 8.52. The Labute approximate surface area is 282 Å². The number of carbonyl (C=O) groups is 3. The Hall–Kier alpha value is -2.83. The first-order chi connectivity index (χ1) is 21.8. The quantitative estimate of drug-likeness (QED) is 0.364. The predicted octanol–water partition coefficient (Wildman–Crippen LogP) is 4.76. The van der Waals surface area contributed by atoms with Gasteiger partial charge in [0.05, 0.1) is 11.7 Å². The van der Waals surface area contributed by atoms with Crippen molar-refractivity contribution in [3.63, 3.8) is 0 Å². The Morgan fingerprint density at radius 3 is 2.24 bits per heavy atom. The first-order valence-corrected chi connectivity index (χ1v) is 17.8. The van der Waals surface area contributed by atoms with Crippen LogP contribution in [0.25, 0.3) is 0 Å². The van der Waals surface area contributed by atoms with E-state index in [1.54, 1.807) is 9.80 Å². The highest BCUT2D eigenvalue weighted by Gasteiger charge is 2.36. The van der Waals surface area contributed by atoms with Crippen molar-refractivity contribution in [3.05, 3.63) is 62.7 Å². The first kappa shape index (κ1) is 32.1. The SMILES string of the molecule is Nc1c(Br)cc(C[C@@H](NC(=O)N2CCC(N3C=C4C=CC=CC4NC3=O)CC2)C(=O)N2CCC(N3CCCCC3)CC2)cc1Br. The lowest BCUT2D eigenvalue weighted by molar-refractivity contribution is -0.134. The van der Waals surface area contributed by atoms with Crippen molar-refractivity contribution in [2.24, 2.45) is 0 Å². The molecule has 45 heavy (non-hydrogen) atoms. The first-order valence-electron chi connectivity index (χ1n) is 16.2. The molecule has 1 aromatic rings. The fourth-order valence-electron chi connectivity index (χ4n) is 7.24. The Morgan fingerprint density at radius 2 is 1.56 bits per heavy atom. The molecular weight excluding hydrogens is 702 g/mol. The molecule has 3 saturated heterocycles. The normalized spacial score (nSPS) is 23.8. The number of anilines is 1. The van der Waals surface area contributed by atoms with Gasteiger partial charge in [-0.25, -0.2) is 9.59 Å². The molecule has 1 aliphatic carbocycles. The number of halogens is 2. The second-order valence-corrected chi connectivity index (χ2v) is 14.5. The van der Waals surface area contributed by atoms with Gasteiger partial charge in [-0.3, -0.25) is 9.69 Å². The van der Waals surface area contributed by atoms with Crippen molar-refractivity contribution >= 4 is 55.5 Å². The average molecular weight is 746 g/mol. The number of amides is 5. The molecule has 4 N–H and O–H groups in total. The van der Waals surface area contributed by atoms with Crippen LogP contribution in [0, 0.1) is 0 Å². The van der Waals surface area contributed by atoms with Gasteiger partial charge in [0, 0.05) is 59.8 Å². The summed E-state index contributed by atoms with van der Waals surface area (Å²) in [6, 6.07) is 3.22. The number of fused-ring (bicyclic) bond motifs is 1. The highest BCUT2D eigenvalue weighted by Crippen LogP contribution is 2.31. The van der Waals surface area contributed by atoms with Crippen LogP contribution in [0.3, 0.4) is 0 Å². The maximum atomic E-state index is 14.0. The van der Waals surface area contributed by atoms with Gasteiger partial charge in [0.1, 0.15) is 6.04 Å². The number of benzene rings is 1. The number of nitrogens with one attached hydrogen (secondary N) is 2. The van der Waals surface area contributed by atoms with E-state index in [1.165, 1.54) is 19.3 Å². The number of rotatable bonds is 6. The Balaban J connectivity index is 1.10. The third-order valence-electron chi connectivity index (χ3n) is 9.87. The van der Waals surface area contributed by atoms with Crippen LogP contribution in [0.5, 0.6) is 0 Å². The number of likely N-dealkylation sites (tertiary alicyclic amines) is 3. The maximum absolute atomic E-state index is 14.0. The monoisotopic (exact) mass is 743 g/mol. The van der Waals surface area contributed by atoms with Gasteiger partial charge in [0.15, 0.2) is 0 Å². The smallest absolute Gasteiger partial charge is 0.322 e. The molecule has 0 saturated carbocycles. The fraction of sp³-hybridized carbons (Fsp3) is 0.545. The summed E-state index contributed by atoms with van der Waals surface area (Å²) in [6.45, 7) is 4.72. The third kappa shape index (κ3) is 7.44.